The number of carbonyl (C=O) groups is 1. The molecule has 1 aliphatic rings. The lowest BCUT2D eigenvalue weighted by Crippen LogP contribution is -2.35. The van der Waals surface area contributed by atoms with Crippen LogP contribution in [0.25, 0.3) is 0 Å². The third-order valence-corrected chi connectivity index (χ3v) is 3.04. The molecular formula is C14H21ClN6O. The van der Waals surface area contributed by atoms with E-state index in [0.29, 0.717) is 56.9 Å². The van der Waals surface area contributed by atoms with Gasteiger partial charge in [0.1, 0.15) is 5.78 Å². The van der Waals surface area contributed by atoms with Crippen molar-refractivity contribution in [1.29, 1.82) is 0 Å². The van der Waals surface area contributed by atoms with E-state index in [2.05, 4.69) is 38.7 Å². The monoisotopic (exact) mass is 324 g/mol. The van der Waals surface area contributed by atoms with E-state index in [1.165, 1.54) is 0 Å². The summed E-state index contributed by atoms with van der Waals surface area (Å²) in [6.07, 6.45) is 4.55. The highest BCUT2D eigenvalue weighted by Crippen LogP contribution is 2.17. The van der Waals surface area contributed by atoms with E-state index in [0.717, 1.165) is 0 Å². The van der Waals surface area contributed by atoms with E-state index in [1.54, 1.807) is 12.2 Å². The average molecular weight is 325 g/mol. The smallest absolute Gasteiger partial charge is 0.231 e. The average Bonchev–Trinajstić information content (AvgIpc) is 2.51. The normalized spacial score (nSPS) is 14.0. The van der Waals surface area contributed by atoms with Gasteiger partial charge in [-0.3, -0.25) is 4.79 Å². The van der Waals surface area contributed by atoms with Crippen LogP contribution in [-0.2, 0) is 4.79 Å². The Morgan fingerprint density at radius 3 is 1.95 bits per heavy atom. The number of anilines is 3. The number of carbonyl (C=O) groups excluding carboxylic acids is 1. The summed E-state index contributed by atoms with van der Waals surface area (Å²) < 4.78 is 0. The standard InChI is InChI=1S/C14H20N6O.ClH/c1-3-7-15-12-17-13(16-8-4-2)19-14(18-12)20-9-5-11(21)6-10-20;/h3-4H,1-2,5-10H2,(H2,15,16,17,18,19);1H. The van der Waals surface area contributed by atoms with Gasteiger partial charge in [0.2, 0.25) is 17.8 Å². The van der Waals surface area contributed by atoms with Gasteiger partial charge >= 0.3 is 0 Å². The van der Waals surface area contributed by atoms with Crippen LogP contribution < -0.4 is 15.5 Å². The minimum absolute atomic E-state index is 0. The molecule has 8 heteroatoms. The van der Waals surface area contributed by atoms with Gasteiger partial charge in [0.15, 0.2) is 0 Å². The molecule has 120 valence electrons. The summed E-state index contributed by atoms with van der Waals surface area (Å²) >= 11 is 0. The van der Waals surface area contributed by atoms with Crippen LogP contribution in [0.5, 0.6) is 0 Å². The van der Waals surface area contributed by atoms with Gasteiger partial charge in [0.05, 0.1) is 0 Å². The summed E-state index contributed by atoms with van der Waals surface area (Å²) in [6, 6.07) is 0. The quantitative estimate of drug-likeness (QED) is 0.738. The molecule has 2 rings (SSSR count). The van der Waals surface area contributed by atoms with Crippen molar-refractivity contribution in [3.8, 4) is 0 Å². The minimum Gasteiger partial charge on any atom is -0.351 e. The van der Waals surface area contributed by atoms with E-state index in [1.807, 2.05) is 4.90 Å². The first-order valence-electron chi connectivity index (χ1n) is 6.95. The van der Waals surface area contributed by atoms with Crippen LogP contribution in [0.1, 0.15) is 12.8 Å². The molecule has 0 bridgehead atoms. The van der Waals surface area contributed by atoms with Crippen molar-refractivity contribution in [1.82, 2.24) is 15.0 Å². The fraction of sp³-hybridized carbons (Fsp3) is 0.429. The second kappa shape index (κ2) is 8.99. The van der Waals surface area contributed by atoms with Crippen molar-refractivity contribution in [2.75, 3.05) is 41.7 Å². The summed E-state index contributed by atoms with van der Waals surface area (Å²) in [5.41, 5.74) is 0. The first-order valence-corrected chi connectivity index (χ1v) is 6.95. The van der Waals surface area contributed by atoms with Gasteiger partial charge in [-0.2, -0.15) is 15.0 Å². The summed E-state index contributed by atoms with van der Waals surface area (Å²) in [5.74, 6) is 1.85. The maximum Gasteiger partial charge on any atom is 0.231 e. The number of nitrogens with zero attached hydrogens (tertiary/aromatic N) is 4. The third-order valence-electron chi connectivity index (χ3n) is 3.04. The Labute approximate surface area is 136 Å². The van der Waals surface area contributed by atoms with Gasteiger partial charge in [0.25, 0.3) is 0 Å². The Morgan fingerprint density at radius 2 is 1.50 bits per heavy atom. The number of ketones is 1. The molecule has 0 atom stereocenters. The fourth-order valence-corrected chi connectivity index (χ4v) is 1.95. The molecule has 0 saturated carbocycles. The maximum absolute atomic E-state index is 11.3. The predicted molar refractivity (Wildman–Crippen MR) is 90.9 cm³/mol. The van der Waals surface area contributed by atoms with Crippen molar-refractivity contribution in [2.24, 2.45) is 0 Å². The SMILES string of the molecule is C=CCNc1nc(NCC=C)nc(N2CCC(=O)CC2)n1.Cl. The molecule has 2 N–H and O–H groups in total. The van der Waals surface area contributed by atoms with Crippen LogP contribution in [0.4, 0.5) is 17.8 Å². The summed E-state index contributed by atoms with van der Waals surface area (Å²) in [7, 11) is 0. The lowest BCUT2D eigenvalue weighted by atomic mass is 10.1. The van der Waals surface area contributed by atoms with Gasteiger partial charge < -0.3 is 15.5 Å². The van der Waals surface area contributed by atoms with Crippen LogP contribution in [0, 0.1) is 0 Å². The zero-order valence-electron chi connectivity index (χ0n) is 12.4. The molecule has 1 aliphatic heterocycles. The fourth-order valence-electron chi connectivity index (χ4n) is 1.95. The van der Waals surface area contributed by atoms with Crippen LogP contribution in [0.2, 0.25) is 0 Å². The number of hydrogen-bond acceptors (Lipinski definition) is 7. The zero-order chi connectivity index (χ0) is 15.1. The lowest BCUT2D eigenvalue weighted by Gasteiger charge is -2.26. The Kier molecular flexibility index (Phi) is 7.31. The molecule has 2 heterocycles. The first-order chi connectivity index (χ1) is 10.2. The molecular weight excluding hydrogens is 304 g/mol. The van der Waals surface area contributed by atoms with Crippen molar-refractivity contribution in [2.45, 2.75) is 12.8 Å². The van der Waals surface area contributed by atoms with Crippen molar-refractivity contribution in [3.63, 3.8) is 0 Å². The van der Waals surface area contributed by atoms with Gasteiger partial charge in [-0.15, -0.1) is 25.6 Å². The Bertz CT molecular complexity index is 496. The van der Waals surface area contributed by atoms with Gasteiger partial charge in [-0.25, -0.2) is 0 Å². The van der Waals surface area contributed by atoms with Crippen LogP contribution in [0.3, 0.4) is 0 Å². The minimum atomic E-state index is 0. The van der Waals surface area contributed by atoms with E-state index in [-0.39, 0.29) is 18.2 Å². The molecule has 1 fully saturated rings. The molecule has 1 aromatic heterocycles. The molecule has 1 aromatic rings. The van der Waals surface area contributed by atoms with E-state index < -0.39 is 0 Å². The van der Waals surface area contributed by atoms with Crippen LogP contribution in [-0.4, -0.2) is 46.9 Å². The van der Waals surface area contributed by atoms with E-state index >= 15 is 0 Å². The Hall–Kier alpha value is -2.15. The second-order valence-electron chi connectivity index (χ2n) is 4.65. The number of Topliss-reactive ketones (excluding diaryl/α,β-unsaturated/α-hetero) is 1. The molecule has 0 amide bonds. The van der Waals surface area contributed by atoms with E-state index in [9.17, 15) is 4.79 Å². The highest BCUT2D eigenvalue weighted by atomic mass is 35.5. The third kappa shape index (κ3) is 5.00. The highest BCUT2D eigenvalue weighted by molar-refractivity contribution is 5.85. The van der Waals surface area contributed by atoms with Crippen molar-refractivity contribution >= 4 is 36.0 Å². The van der Waals surface area contributed by atoms with Crippen molar-refractivity contribution < 1.29 is 4.79 Å². The molecule has 22 heavy (non-hydrogen) atoms. The molecule has 0 unspecified atom stereocenters. The summed E-state index contributed by atoms with van der Waals surface area (Å²) in [6.45, 7) is 9.75. The maximum atomic E-state index is 11.3. The number of nitrogens with one attached hydrogen (secondary N) is 2. The largest absolute Gasteiger partial charge is 0.351 e. The van der Waals surface area contributed by atoms with Crippen LogP contribution >= 0.6 is 12.4 Å². The molecule has 0 aliphatic carbocycles. The molecule has 0 aromatic carbocycles. The van der Waals surface area contributed by atoms with E-state index in [4.69, 9.17) is 0 Å². The predicted octanol–water partition coefficient (Wildman–Crippen LogP) is 1.66. The number of aromatic nitrogens is 3. The Balaban J connectivity index is 0.00000242. The topological polar surface area (TPSA) is 83.0 Å². The highest BCUT2D eigenvalue weighted by Gasteiger charge is 2.19. The molecule has 0 radical (unpaired) electrons. The summed E-state index contributed by atoms with van der Waals surface area (Å²) in [5, 5.41) is 6.12. The number of halogens is 1. The number of rotatable bonds is 7. The van der Waals surface area contributed by atoms with Gasteiger partial charge in [0, 0.05) is 39.0 Å². The lowest BCUT2D eigenvalue weighted by molar-refractivity contribution is -0.119. The zero-order valence-corrected chi connectivity index (χ0v) is 13.2. The van der Waals surface area contributed by atoms with Gasteiger partial charge in [-0.1, -0.05) is 12.2 Å². The second-order valence-corrected chi connectivity index (χ2v) is 4.65. The Morgan fingerprint density at radius 1 is 1.00 bits per heavy atom. The molecule has 1 saturated heterocycles. The van der Waals surface area contributed by atoms with Crippen LogP contribution in [0.15, 0.2) is 25.3 Å². The van der Waals surface area contributed by atoms with Gasteiger partial charge in [-0.05, 0) is 0 Å². The summed E-state index contributed by atoms with van der Waals surface area (Å²) in [4.78, 5) is 26.4. The molecule has 7 nitrogen and oxygen atoms in total. The number of piperidine rings is 1. The number of hydrogen-bond donors (Lipinski definition) is 2. The molecule has 0 spiro atoms. The first kappa shape index (κ1) is 17.9. The van der Waals surface area contributed by atoms with Crippen molar-refractivity contribution in [3.05, 3.63) is 25.3 Å².